The van der Waals surface area contributed by atoms with E-state index in [1.165, 1.54) is 6.08 Å². The van der Waals surface area contributed by atoms with Gasteiger partial charge in [0.2, 0.25) is 0 Å². The fraction of sp³-hybridized carbons (Fsp3) is 0.158. The summed E-state index contributed by atoms with van der Waals surface area (Å²) in [5.74, 6) is -0.486. The number of pyridine rings is 1. The third-order valence-electron chi connectivity index (χ3n) is 3.97. The summed E-state index contributed by atoms with van der Waals surface area (Å²) in [5.41, 5.74) is 9.36. The van der Waals surface area contributed by atoms with E-state index in [9.17, 15) is 4.79 Å². The maximum atomic E-state index is 12.3. The van der Waals surface area contributed by atoms with Crippen LogP contribution in [0.25, 0.3) is 21.9 Å². The van der Waals surface area contributed by atoms with Crippen molar-refractivity contribution in [2.45, 2.75) is 13.5 Å². The molecular formula is C19H19N3O2. The summed E-state index contributed by atoms with van der Waals surface area (Å²) in [7, 11) is 0. The molecule has 122 valence electrons. The second-order valence-corrected chi connectivity index (χ2v) is 5.49. The van der Waals surface area contributed by atoms with Gasteiger partial charge in [-0.2, -0.15) is 0 Å². The van der Waals surface area contributed by atoms with Crippen molar-refractivity contribution in [3.8, 4) is 0 Å². The van der Waals surface area contributed by atoms with Crippen LogP contribution < -0.4 is 5.73 Å². The topological polar surface area (TPSA) is 70.1 Å². The molecule has 2 heterocycles. The maximum Gasteiger partial charge on any atom is 0.342 e. The van der Waals surface area contributed by atoms with Crippen molar-refractivity contribution in [3.05, 3.63) is 60.8 Å². The molecule has 1 aromatic carbocycles. The molecule has 0 atom stereocenters. The predicted molar refractivity (Wildman–Crippen MR) is 97.1 cm³/mol. The monoisotopic (exact) mass is 321 g/mol. The van der Waals surface area contributed by atoms with Crippen molar-refractivity contribution in [2.75, 3.05) is 12.3 Å². The minimum absolute atomic E-state index is 0.133. The molecule has 0 radical (unpaired) electrons. The number of nitrogens with zero attached hydrogens (tertiary/aromatic N) is 2. The lowest BCUT2D eigenvalue weighted by atomic mass is 10.1. The van der Waals surface area contributed by atoms with Crippen molar-refractivity contribution < 1.29 is 9.53 Å². The first-order valence-electron chi connectivity index (χ1n) is 7.66. The number of fused-ring (bicyclic) bond motifs is 3. The molecule has 5 heteroatoms. The van der Waals surface area contributed by atoms with E-state index < -0.39 is 5.97 Å². The van der Waals surface area contributed by atoms with Gasteiger partial charge in [-0.05, 0) is 13.0 Å². The summed E-state index contributed by atoms with van der Waals surface area (Å²) in [6.45, 7) is 9.86. The smallest absolute Gasteiger partial charge is 0.342 e. The largest absolute Gasteiger partial charge is 0.458 e. The highest BCUT2D eigenvalue weighted by atomic mass is 16.5. The quantitative estimate of drug-likeness (QED) is 0.575. The van der Waals surface area contributed by atoms with Crippen molar-refractivity contribution in [2.24, 2.45) is 0 Å². The molecule has 5 nitrogen and oxygen atoms in total. The van der Waals surface area contributed by atoms with Gasteiger partial charge in [0.1, 0.15) is 17.8 Å². The molecule has 0 amide bonds. The summed E-state index contributed by atoms with van der Waals surface area (Å²) in [5, 5.41) is 1.72. The normalized spacial score (nSPS) is 10.9. The van der Waals surface area contributed by atoms with E-state index in [1.807, 2.05) is 34.9 Å². The third kappa shape index (κ3) is 2.34. The Bertz CT molecular complexity index is 970. The number of para-hydroxylation sites is 1. The van der Waals surface area contributed by atoms with Crippen LogP contribution >= 0.6 is 0 Å². The molecular weight excluding hydrogens is 302 g/mol. The zero-order valence-electron chi connectivity index (χ0n) is 13.6. The Hall–Kier alpha value is -3.08. The second kappa shape index (κ2) is 6.20. The van der Waals surface area contributed by atoms with Crippen LogP contribution in [-0.2, 0) is 11.3 Å². The lowest BCUT2D eigenvalue weighted by Gasteiger charge is -2.10. The van der Waals surface area contributed by atoms with Gasteiger partial charge >= 0.3 is 5.97 Å². The fourth-order valence-corrected chi connectivity index (χ4v) is 2.98. The van der Waals surface area contributed by atoms with Gasteiger partial charge in [0.15, 0.2) is 0 Å². The molecule has 0 saturated carbocycles. The van der Waals surface area contributed by atoms with Crippen LogP contribution in [0.4, 0.5) is 5.69 Å². The predicted octanol–water partition coefficient (Wildman–Crippen LogP) is 3.61. The van der Waals surface area contributed by atoms with Crippen LogP contribution in [0.2, 0.25) is 0 Å². The van der Waals surface area contributed by atoms with Gasteiger partial charge in [-0.1, -0.05) is 36.9 Å². The first-order valence-corrected chi connectivity index (χ1v) is 7.66. The van der Waals surface area contributed by atoms with E-state index in [0.717, 1.165) is 21.9 Å². The standard InChI is InChI=1S/C19H19N3O2/c1-4-10-22-14-9-7-6-8-13(14)16-17(20)15(12(3)21-18(16)22)19(23)24-11-5-2/h4-9H,1-2,10-11H2,3H3,(H2,20,21). The molecule has 0 aliphatic rings. The van der Waals surface area contributed by atoms with Crippen LogP contribution in [-0.4, -0.2) is 22.1 Å². The van der Waals surface area contributed by atoms with Crippen LogP contribution in [0.15, 0.2) is 49.6 Å². The lowest BCUT2D eigenvalue weighted by Crippen LogP contribution is -2.12. The zero-order valence-corrected chi connectivity index (χ0v) is 13.6. The molecule has 2 aromatic heterocycles. The Balaban J connectivity index is 2.36. The summed E-state index contributed by atoms with van der Waals surface area (Å²) < 4.78 is 7.20. The van der Waals surface area contributed by atoms with E-state index in [0.29, 0.717) is 23.5 Å². The van der Waals surface area contributed by atoms with Gasteiger partial charge in [0.25, 0.3) is 0 Å². The van der Waals surface area contributed by atoms with Gasteiger partial charge in [-0.25, -0.2) is 9.78 Å². The molecule has 0 aliphatic heterocycles. The summed E-state index contributed by atoms with van der Waals surface area (Å²) in [4.78, 5) is 17.0. The van der Waals surface area contributed by atoms with Crippen molar-refractivity contribution in [3.63, 3.8) is 0 Å². The number of anilines is 1. The Labute approximate surface area is 140 Å². The number of rotatable bonds is 5. The molecule has 2 N–H and O–H groups in total. The first kappa shape index (κ1) is 15.8. The number of hydrogen-bond donors (Lipinski definition) is 1. The number of ether oxygens (including phenoxy) is 1. The van der Waals surface area contributed by atoms with Gasteiger partial charge in [0, 0.05) is 11.9 Å². The highest BCUT2D eigenvalue weighted by Crippen LogP contribution is 2.35. The number of carbonyl (C=O) groups is 1. The van der Waals surface area contributed by atoms with Crippen LogP contribution in [0.3, 0.4) is 0 Å². The Morgan fingerprint density at radius 1 is 1.33 bits per heavy atom. The summed E-state index contributed by atoms with van der Waals surface area (Å²) in [6, 6.07) is 7.88. The van der Waals surface area contributed by atoms with E-state index in [-0.39, 0.29) is 6.61 Å². The Morgan fingerprint density at radius 2 is 2.08 bits per heavy atom. The molecule has 0 unspecified atom stereocenters. The van der Waals surface area contributed by atoms with Gasteiger partial charge in [0.05, 0.1) is 22.3 Å². The zero-order chi connectivity index (χ0) is 17.3. The number of nitrogen functional groups attached to an aromatic ring is 1. The van der Waals surface area contributed by atoms with Gasteiger partial charge in [-0.3, -0.25) is 0 Å². The van der Waals surface area contributed by atoms with E-state index in [1.54, 1.807) is 6.92 Å². The molecule has 3 aromatic rings. The SMILES string of the molecule is C=CCOC(=O)c1c(C)nc2c(c1N)c1ccccc1n2CC=C. The summed E-state index contributed by atoms with van der Waals surface area (Å²) in [6.07, 6.45) is 3.33. The Morgan fingerprint density at radius 3 is 2.79 bits per heavy atom. The minimum atomic E-state index is -0.486. The number of aromatic nitrogens is 2. The highest BCUT2D eigenvalue weighted by molar-refractivity contribution is 6.16. The molecule has 0 fully saturated rings. The van der Waals surface area contributed by atoms with Crippen LogP contribution in [0, 0.1) is 6.92 Å². The molecule has 0 spiro atoms. The fourth-order valence-electron chi connectivity index (χ4n) is 2.98. The molecule has 0 saturated heterocycles. The maximum absolute atomic E-state index is 12.3. The molecule has 0 aliphatic carbocycles. The van der Waals surface area contributed by atoms with Gasteiger partial charge in [-0.15, -0.1) is 6.58 Å². The number of hydrogen-bond acceptors (Lipinski definition) is 4. The molecule has 0 bridgehead atoms. The number of esters is 1. The average molecular weight is 321 g/mol. The van der Waals surface area contributed by atoms with Crippen molar-refractivity contribution in [1.82, 2.24) is 9.55 Å². The number of nitrogens with two attached hydrogens (primary N) is 1. The number of benzene rings is 1. The third-order valence-corrected chi connectivity index (χ3v) is 3.97. The van der Waals surface area contributed by atoms with Crippen molar-refractivity contribution >= 4 is 33.6 Å². The minimum Gasteiger partial charge on any atom is -0.458 e. The van der Waals surface area contributed by atoms with E-state index >= 15 is 0 Å². The van der Waals surface area contributed by atoms with Crippen LogP contribution in [0.1, 0.15) is 16.1 Å². The Kier molecular flexibility index (Phi) is 4.08. The van der Waals surface area contributed by atoms with E-state index in [4.69, 9.17) is 10.5 Å². The number of carbonyl (C=O) groups excluding carboxylic acids is 1. The number of aryl methyl sites for hydroxylation is 1. The molecule has 3 rings (SSSR count). The highest BCUT2D eigenvalue weighted by Gasteiger charge is 2.22. The summed E-state index contributed by atoms with van der Waals surface area (Å²) >= 11 is 0. The van der Waals surface area contributed by atoms with E-state index in [2.05, 4.69) is 18.1 Å². The van der Waals surface area contributed by atoms with Gasteiger partial charge < -0.3 is 15.0 Å². The second-order valence-electron chi connectivity index (χ2n) is 5.49. The number of allylic oxidation sites excluding steroid dienone is 1. The van der Waals surface area contributed by atoms with Crippen LogP contribution in [0.5, 0.6) is 0 Å². The lowest BCUT2D eigenvalue weighted by molar-refractivity contribution is 0.0550. The first-order chi connectivity index (χ1) is 11.6. The molecule has 24 heavy (non-hydrogen) atoms. The average Bonchev–Trinajstić information content (AvgIpc) is 2.87. The van der Waals surface area contributed by atoms with Crippen molar-refractivity contribution in [1.29, 1.82) is 0 Å².